The molecule has 0 bridgehead atoms. The average Bonchev–Trinajstić information content (AvgIpc) is 2.80. The molecule has 2 rings (SSSR count). The minimum atomic E-state index is -0.804. The molecule has 5 heteroatoms. The Kier molecular flexibility index (Phi) is 5.04. The van der Waals surface area contributed by atoms with Crippen molar-refractivity contribution in [2.75, 3.05) is 0 Å². The zero-order valence-electron chi connectivity index (χ0n) is 12.7. The third kappa shape index (κ3) is 3.65. The molecule has 1 aliphatic carbocycles. The summed E-state index contributed by atoms with van der Waals surface area (Å²) in [7, 11) is 0. The molecule has 0 spiro atoms. The van der Waals surface area contributed by atoms with Gasteiger partial charge in [0.2, 0.25) is 0 Å². The maximum absolute atomic E-state index is 12.5. The first kappa shape index (κ1) is 15.6. The summed E-state index contributed by atoms with van der Waals surface area (Å²) < 4.78 is 1.90. The molecule has 1 aromatic rings. The van der Waals surface area contributed by atoms with E-state index >= 15 is 0 Å². The van der Waals surface area contributed by atoms with E-state index in [2.05, 4.69) is 5.32 Å². The number of rotatable bonds is 4. The Morgan fingerprint density at radius 2 is 2.00 bits per heavy atom. The number of hydrogen-bond acceptors (Lipinski definition) is 2. The zero-order chi connectivity index (χ0) is 15.4. The number of carbonyl (C=O) groups is 2. The second kappa shape index (κ2) is 6.78. The molecular weight excluding hydrogens is 268 g/mol. The Balaban J connectivity index is 2.12. The molecule has 0 aromatic carbocycles. The number of hydrogen-bond donors (Lipinski definition) is 2. The molecule has 2 atom stereocenters. The van der Waals surface area contributed by atoms with Crippen molar-refractivity contribution < 1.29 is 14.7 Å². The number of carboxylic acid groups (broad SMARTS) is 1. The van der Waals surface area contributed by atoms with E-state index in [9.17, 15) is 14.7 Å². The lowest BCUT2D eigenvalue weighted by atomic mass is 9.95. The van der Waals surface area contributed by atoms with Crippen LogP contribution in [0.3, 0.4) is 0 Å². The molecule has 5 nitrogen and oxygen atoms in total. The summed E-state index contributed by atoms with van der Waals surface area (Å²) in [6.45, 7) is 4.03. The van der Waals surface area contributed by atoms with Crippen LogP contribution in [0.5, 0.6) is 0 Å². The van der Waals surface area contributed by atoms with E-state index in [0.717, 1.165) is 25.7 Å². The van der Waals surface area contributed by atoms with Gasteiger partial charge in [0.15, 0.2) is 0 Å². The van der Waals surface area contributed by atoms with Gasteiger partial charge in [0.25, 0.3) is 5.91 Å². The standard InChI is InChI=1S/C16H24N2O3/c1-11(2)18-10-6-9-14(18)15(19)17-13-8-5-3-4-7-12(13)16(20)21/h6,9-13H,3-5,7-8H2,1-2H3,(H,17,19)(H,20,21). The number of nitrogens with one attached hydrogen (secondary N) is 1. The minimum Gasteiger partial charge on any atom is -0.481 e. The van der Waals surface area contributed by atoms with E-state index in [-0.39, 0.29) is 18.0 Å². The molecule has 2 unspecified atom stereocenters. The van der Waals surface area contributed by atoms with Crippen LogP contribution in [0.1, 0.15) is 62.5 Å². The normalized spacial score (nSPS) is 22.8. The molecule has 21 heavy (non-hydrogen) atoms. The van der Waals surface area contributed by atoms with Crippen LogP contribution in [0.2, 0.25) is 0 Å². The Morgan fingerprint density at radius 3 is 2.67 bits per heavy atom. The fourth-order valence-corrected chi connectivity index (χ4v) is 3.05. The largest absolute Gasteiger partial charge is 0.481 e. The zero-order valence-corrected chi connectivity index (χ0v) is 12.7. The van der Waals surface area contributed by atoms with Crippen molar-refractivity contribution in [1.82, 2.24) is 9.88 Å². The van der Waals surface area contributed by atoms with Crippen molar-refractivity contribution in [2.45, 2.75) is 58.0 Å². The van der Waals surface area contributed by atoms with Crippen molar-refractivity contribution in [3.05, 3.63) is 24.0 Å². The van der Waals surface area contributed by atoms with Gasteiger partial charge < -0.3 is 15.0 Å². The van der Waals surface area contributed by atoms with Crippen molar-refractivity contribution >= 4 is 11.9 Å². The highest BCUT2D eigenvalue weighted by Crippen LogP contribution is 2.24. The van der Waals surface area contributed by atoms with Crippen LogP contribution >= 0.6 is 0 Å². The van der Waals surface area contributed by atoms with E-state index in [0.29, 0.717) is 12.1 Å². The second-order valence-electron chi connectivity index (χ2n) is 6.06. The summed E-state index contributed by atoms with van der Waals surface area (Å²) in [5.41, 5.74) is 0.596. The first-order valence-corrected chi connectivity index (χ1v) is 7.71. The average molecular weight is 292 g/mol. The van der Waals surface area contributed by atoms with Gasteiger partial charge in [-0.25, -0.2) is 0 Å². The lowest BCUT2D eigenvalue weighted by Crippen LogP contribution is -2.43. The molecule has 1 fully saturated rings. The molecule has 1 aromatic heterocycles. The van der Waals surface area contributed by atoms with Gasteiger partial charge in [-0.3, -0.25) is 9.59 Å². The van der Waals surface area contributed by atoms with E-state index < -0.39 is 11.9 Å². The maximum Gasteiger partial charge on any atom is 0.308 e. The van der Waals surface area contributed by atoms with Gasteiger partial charge in [-0.1, -0.05) is 19.3 Å². The third-order valence-electron chi connectivity index (χ3n) is 4.22. The summed E-state index contributed by atoms with van der Waals surface area (Å²) in [5.74, 6) is -1.45. The summed E-state index contributed by atoms with van der Waals surface area (Å²) in [6.07, 6.45) is 6.20. The predicted octanol–water partition coefficient (Wildman–Crippen LogP) is 2.83. The highest BCUT2D eigenvalue weighted by Gasteiger charge is 2.31. The third-order valence-corrected chi connectivity index (χ3v) is 4.22. The smallest absolute Gasteiger partial charge is 0.308 e. The molecule has 1 amide bonds. The molecule has 1 heterocycles. The molecule has 0 aliphatic heterocycles. The van der Waals surface area contributed by atoms with Crippen LogP contribution in [0.25, 0.3) is 0 Å². The fraction of sp³-hybridized carbons (Fsp3) is 0.625. The molecule has 1 aliphatic rings. The Hall–Kier alpha value is -1.78. The molecule has 1 saturated carbocycles. The second-order valence-corrected chi connectivity index (χ2v) is 6.06. The minimum absolute atomic E-state index is 0.174. The summed E-state index contributed by atoms with van der Waals surface area (Å²) >= 11 is 0. The van der Waals surface area contributed by atoms with Gasteiger partial charge in [0, 0.05) is 18.3 Å². The first-order valence-electron chi connectivity index (χ1n) is 7.71. The number of carbonyl (C=O) groups excluding carboxylic acids is 1. The monoisotopic (exact) mass is 292 g/mol. The quantitative estimate of drug-likeness (QED) is 0.838. The summed E-state index contributed by atoms with van der Waals surface area (Å²) in [4.78, 5) is 23.9. The molecule has 116 valence electrons. The van der Waals surface area contributed by atoms with Gasteiger partial charge in [-0.05, 0) is 38.8 Å². The van der Waals surface area contributed by atoms with Gasteiger partial charge in [0.05, 0.1) is 5.92 Å². The summed E-state index contributed by atoms with van der Waals surface area (Å²) in [5, 5.41) is 12.3. The number of aliphatic carboxylic acids is 1. The van der Waals surface area contributed by atoms with Crippen molar-refractivity contribution in [1.29, 1.82) is 0 Å². The molecule has 0 radical (unpaired) electrons. The lowest BCUT2D eigenvalue weighted by Gasteiger charge is -2.23. The number of nitrogens with zero attached hydrogens (tertiary/aromatic N) is 1. The van der Waals surface area contributed by atoms with Gasteiger partial charge in [-0.15, -0.1) is 0 Å². The number of aromatic nitrogens is 1. The van der Waals surface area contributed by atoms with E-state index in [1.807, 2.05) is 30.7 Å². The van der Waals surface area contributed by atoms with Crippen molar-refractivity contribution in [2.24, 2.45) is 5.92 Å². The van der Waals surface area contributed by atoms with Crippen LogP contribution in [-0.2, 0) is 4.79 Å². The van der Waals surface area contributed by atoms with E-state index in [1.54, 1.807) is 6.07 Å². The van der Waals surface area contributed by atoms with Crippen LogP contribution in [0.4, 0.5) is 0 Å². The highest BCUT2D eigenvalue weighted by atomic mass is 16.4. The molecule has 0 saturated heterocycles. The van der Waals surface area contributed by atoms with Gasteiger partial charge in [0.1, 0.15) is 5.69 Å². The van der Waals surface area contributed by atoms with Gasteiger partial charge >= 0.3 is 5.97 Å². The van der Waals surface area contributed by atoms with Crippen LogP contribution in [0.15, 0.2) is 18.3 Å². The van der Waals surface area contributed by atoms with Crippen molar-refractivity contribution in [3.63, 3.8) is 0 Å². The predicted molar refractivity (Wildman–Crippen MR) is 80.3 cm³/mol. The van der Waals surface area contributed by atoms with E-state index in [4.69, 9.17) is 0 Å². The fourth-order valence-electron chi connectivity index (χ4n) is 3.05. The Morgan fingerprint density at radius 1 is 1.29 bits per heavy atom. The Labute approximate surface area is 125 Å². The van der Waals surface area contributed by atoms with Crippen molar-refractivity contribution in [3.8, 4) is 0 Å². The lowest BCUT2D eigenvalue weighted by molar-refractivity contribution is -0.142. The number of carboxylic acids is 1. The SMILES string of the molecule is CC(C)n1cccc1C(=O)NC1CCCCCC1C(=O)O. The molecular formula is C16H24N2O3. The van der Waals surface area contributed by atoms with Gasteiger partial charge in [-0.2, -0.15) is 0 Å². The van der Waals surface area contributed by atoms with Crippen LogP contribution in [-0.4, -0.2) is 27.6 Å². The van der Waals surface area contributed by atoms with Crippen LogP contribution in [0, 0.1) is 5.92 Å². The van der Waals surface area contributed by atoms with E-state index in [1.165, 1.54) is 0 Å². The Bertz CT molecular complexity index is 507. The number of amides is 1. The highest BCUT2D eigenvalue weighted by molar-refractivity contribution is 5.93. The first-order chi connectivity index (χ1) is 10.0. The summed E-state index contributed by atoms with van der Waals surface area (Å²) in [6, 6.07) is 3.55. The molecule has 2 N–H and O–H groups in total. The maximum atomic E-state index is 12.5. The topological polar surface area (TPSA) is 71.3 Å². The van der Waals surface area contributed by atoms with Crippen LogP contribution < -0.4 is 5.32 Å².